The van der Waals surface area contributed by atoms with Gasteiger partial charge in [0.05, 0.1) is 4.92 Å². The number of carbonyl (C=O) groups excluding carboxylic acids is 2. The van der Waals surface area contributed by atoms with E-state index in [2.05, 4.69) is 5.32 Å². The summed E-state index contributed by atoms with van der Waals surface area (Å²) in [5.74, 6) is -0.491. The van der Waals surface area contributed by atoms with Gasteiger partial charge in [-0.25, -0.2) is 0 Å². The van der Waals surface area contributed by atoms with E-state index < -0.39 is 16.9 Å². The normalized spacial score (nSPS) is 11.5. The molecule has 0 aliphatic heterocycles. The second-order valence-electron chi connectivity index (χ2n) is 6.13. The van der Waals surface area contributed by atoms with Gasteiger partial charge in [0.15, 0.2) is 11.9 Å². The Bertz CT molecular complexity index is 853. The molecular formula is C19H20N2O5. The molecule has 0 aromatic heterocycles. The lowest BCUT2D eigenvalue weighted by atomic mass is 10.0. The van der Waals surface area contributed by atoms with Gasteiger partial charge in [-0.1, -0.05) is 17.7 Å². The van der Waals surface area contributed by atoms with Crippen LogP contribution < -0.4 is 10.1 Å². The molecule has 0 spiro atoms. The van der Waals surface area contributed by atoms with Crippen molar-refractivity contribution in [2.24, 2.45) is 0 Å². The predicted octanol–water partition coefficient (Wildman–Crippen LogP) is 3.74. The third-order valence-corrected chi connectivity index (χ3v) is 3.91. The van der Waals surface area contributed by atoms with E-state index >= 15 is 0 Å². The Balaban J connectivity index is 2.20. The van der Waals surface area contributed by atoms with Gasteiger partial charge in [0.2, 0.25) is 0 Å². The minimum Gasteiger partial charge on any atom is -0.474 e. The molecule has 0 radical (unpaired) electrons. The van der Waals surface area contributed by atoms with Crippen molar-refractivity contribution in [3.8, 4) is 5.75 Å². The van der Waals surface area contributed by atoms with E-state index in [1.165, 1.54) is 19.1 Å². The molecule has 0 heterocycles. The van der Waals surface area contributed by atoms with Crippen molar-refractivity contribution in [1.82, 2.24) is 0 Å². The minimum absolute atomic E-state index is 0.0689. The largest absolute Gasteiger partial charge is 0.474 e. The number of rotatable bonds is 6. The number of nitro benzene ring substituents is 1. The van der Waals surface area contributed by atoms with Gasteiger partial charge >= 0.3 is 5.69 Å². The number of benzene rings is 2. The Morgan fingerprint density at radius 3 is 2.35 bits per heavy atom. The van der Waals surface area contributed by atoms with Gasteiger partial charge in [0.25, 0.3) is 5.91 Å². The predicted molar refractivity (Wildman–Crippen MR) is 97.9 cm³/mol. The zero-order valence-corrected chi connectivity index (χ0v) is 15.0. The van der Waals surface area contributed by atoms with Crippen LogP contribution in [-0.2, 0) is 4.79 Å². The number of aldehydes is 1. The standard InChI is InChI=1S/C19H20N2O5/c1-11-7-12(2)18(13(3)8-11)20-19(23)14(4)26-17-6-5-15(10-22)9-16(17)21(24)25/h5-10,14H,1-4H3,(H,20,23)/t14-/m0/s1. The van der Waals surface area contributed by atoms with Crippen molar-refractivity contribution in [2.75, 3.05) is 5.32 Å². The number of hydrogen-bond acceptors (Lipinski definition) is 5. The number of hydrogen-bond donors (Lipinski definition) is 1. The van der Waals surface area contributed by atoms with Crippen LogP contribution >= 0.6 is 0 Å². The Morgan fingerprint density at radius 2 is 1.81 bits per heavy atom. The Hall–Kier alpha value is -3.22. The van der Waals surface area contributed by atoms with E-state index in [-0.39, 0.29) is 17.0 Å². The third kappa shape index (κ3) is 4.24. The number of anilines is 1. The molecule has 0 unspecified atom stereocenters. The van der Waals surface area contributed by atoms with E-state index in [9.17, 15) is 19.7 Å². The average Bonchev–Trinajstić information content (AvgIpc) is 2.57. The first-order chi connectivity index (χ1) is 12.2. The summed E-state index contributed by atoms with van der Waals surface area (Å²) in [5.41, 5.74) is 3.42. The van der Waals surface area contributed by atoms with Crippen LogP contribution in [0.4, 0.5) is 11.4 Å². The summed E-state index contributed by atoms with van der Waals surface area (Å²) in [6.07, 6.45) is -0.452. The van der Waals surface area contributed by atoms with Crippen molar-refractivity contribution in [3.05, 3.63) is 62.7 Å². The summed E-state index contributed by atoms with van der Waals surface area (Å²) in [4.78, 5) is 33.7. The molecule has 0 saturated heterocycles. The lowest BCUT2D eigenvalue weighted by Crippen LogP contribution is -2.31. The number of ether oxygens (including phenoxy) is 1. The van der Waals surface area contributed by atoms with Crippen LogP contribution in [0.25, 0.3) is 0 Å². The highest BCUT2D eigenvalue weighted by Crippen LogP contribution is 2.29. The molecule has 26 heavy (non-hydrogen) atoms. The van der Waals surface area contributed by atoms with Crippen molar-refractivity contribution < 1.29 is 19.2 Å². The Labute approximate surface area is 151 Å². The third-order valence-electron chi connectivity index (χ3n) is 3.91. The van der Waals surface area contributed by atoms with Gasteiger partial charge in [0.1, 0.15) is 6.29 Å². The van der Waals surface area contributed by atoms with Crippen LogP contribution in [0.2, 0.25) is 0 Å². The maximum Gasteiger partial charge on any atom is 0.311 e. The number of aryl methyl sites for hydroxylation is 3. The molecule has 2 rings (SSSR count). The summed E-state index contributed by atoms with van der Waals surface area (Å²) < 4.78 is 5.47. The maximum absolute atomic E-state index is 12.4. The van der Waals surface area contributed by atoms with Crippen molar-refractivity contribution in [3.63, 3.8) is 0 Å². The van der Waals surface area contributed by atoms with Gasteiger partial charge in [-0.3, -0.25) is 19.7 Å². The fraction of sp³-hybridized carbons (Fsp3) is 0.263. The van der Waals surface area contributed by atoms with Gasteiger partial charge in [0, 0.05) is 17.3 Å². The maximum atomic E-state index is 12.4. The molecule has 136 valence electrons. The summed E-state index contributed by atoms with van der Waals surface area (Å²) >= 11 is 0. The topological polar surface area (TPSA) is 98.5 Å². The van der Waals surface area contributed by atoms with E-state index in [0.717, 1.165) is 22.8 Å². The first-order valence-electron chi connectivity index (χ1n) is 8.02. The van der Waals surface area contributed by atoms with Crippen LogP contribution in [0.15, 0.2) is 30.3 Å². The number of nitrogens with one attached hydrogen (secondary N) is 1. The number of carbonyl (C=O) groups is 2. The van der Waals surface area contributed by atoms with Crippen molar-refractivity contribution >= 4 is 23.6 Å². The van der Waals surface area contributed by atoms with E-state index in [1.807, 2.05) is 32.9 Å². The van der Waals surface area contributed by atoms with Gasteiger partial charge in [-0.15, -0.1) is 0 Å². The molecule has 0 aliphatic rings. The fourth-order valence-electron chi connectivity index (χ4n) is 2.70. The minimum atomic E-state index is -0.962. The van der Waals surface area contributed by atoms with E-state index in [4.69, 9.17) is 4.74 Å². The van der Waals surface area contributed by atoms with Crippen LogP contribution in [0.3, 0.4) is 0 Å². The second kappa shape index (κ2) is 7.77. The first-order valence-corrected chi connectivity index (χ1v) is 8.02. The second-order valence-corrected chi connectivity index (χ2v) is 6.13. The quantitative estimate of drug-likeness (QED) is 0.483. The molecule has 1 N–H and O–H groups in total. The highest BCUT2D eigenvalue weighted by atomic mass is 16.6. The summed E-state index contributed by atoms with van der Waals surface area (Å²) in [6, 6.07) is 7.73. The summed E-state index contributed by atoms with van der Waals surface area (Å²) in [6.45, 7) is 7.26. The van der Waals surface area contributed by atoms with E-state index in [0.29, 0.717) is 12.0 Å². The highest BCUT2D eigenvalue weighted by Gasteiger charge is 2.22. The van der Waals surface area contributed by atoms with Gasteiger partial charge < -0.3 is 10.1 Å². The molecule has 1 amide bonds. The molecule has 0 aliphatic carbocycles. The van der Waals surface area contributed by atoms with Crippen molar-refractivity contribution in [1.29, 1.82) is 0 Å². The Morgan fingerprint density at radius 1 is 1.19 bits per heavy atom. The van der Waals surface area contributed by atoms with Crippen molar-refractivity contribution in [2.45, 2.75) is 33.8 Å². The van der Waals surface area contributed by atoms with Gasteiger partial charge in [-0.05, 0) is 51.0 Å². The average molecular weight is 356 g/mol. The summed E-state index contributed by atoms with van der Waals surface area (Å²) in [7, 11) is 0. The SMILES string of the molecule is Cc1cc(C)c(NC(=O)[C@H](C)Oc2ccc(C=O)cc2[N+](=O)[O-])c(C)c1. The lowest BCUT2D eigenvalue weighted by Gasteiger charge is -2.17. The molecule has 0 bridgehead atoms. The number of nitro groups is 1. The highest BCUT2D eigenvalue weighted by molar-refractivity contribution is 5.95. The summed E-state index contributed by atoms with van der Waals surface area (Å²) in [5, 5.41) is 14.0. The van der Waals surface area contributed by atoms with Crippen LogP contribution in [0.1, 0.15) is 34.0 Å². The van der Waals surface area contributed by atoms with E-state index in [1.54, 1.807) is 0 Å². The monoisotopic (exact) mass is 356 g/mol. The zero-order valence-electron chi connectivity index (χ0n) is 15.0. The molecule has 2 aromatic rings. The molecule has 7 nitrogen and oxygen atoms in total. The van der Waals surface area contributed by atoms with Crippen LogP contribution in [-0.4, -0.2) is 23.2 Å². The molecule has 0 fully saturated rings. The molecular weight excluding hydrogens is 336 g/mol. The Kier molecular flexibility index (Phi) is 5.71. The zero-order chi connectivity index (χ0) is 19.4. The van der Waals surface area contributed by atoms with Crippen LogP contribution in [0, 0.1) is 30.9 Å². The molecule has 2 aromatic carbocycles. The molecule has 1 atom stereocenters. The van der Waals surface area contributed by atoms with Gasteiger partial charge in [-0.2, -0.15) is 0 Å². The number of amides is 1. The molecule has 0 saturated carbocycles. The fourth-order valence-corrected chi connectivity index (χ4v) is 2.70. The lowest BCUT2D eigenvalue weighted by molar-refractivity contribution is -0.386. The smallest absolute Gasteiger partial charge is 0.311 e. The first kappa shape index (κ1) is 19.1. The van der Waals surface area contributed by atoms with Crippen LogP contribution in [0.5, 0.6) is 5.75 Å². The molecule has 7 heteroatoms. The number of nitrogens with zero attached hydrogens (tertiary/aromatic N) is 1.